The Morgan fingerprint density at radius 3 is 2.54 bits per heavy atom. The van der Waals surface area contributed by atoms with Crippen LogP contribution in [0.15, 0.2) is 42.5 Å². The van der Waals surface area contributed by atoms with Crippen molar-refractivity contribution >= 4 is 11.9 Å². The molecular formula is C19H19F2NO4. The van der Waals surface area contributed by atoms with E-state index < -0.39 is 29.6 Å². The molecule has 0 radical (unpaired) electrons. The fourth-order valence-electron chi connectivity index (χ4n) is 2.45. The lowest BCUT2D eigenvalue weighted by Gasteiger charge is -2.17. The van der Waals surface area contributed by atoms with Crippen LogP contribution < -0.4 is 10.1 Å². The van der Waals surface area contributed by atoms with Crippen LogP contribution in [0.2, 0.25) is 0 Å². The third-order valence-corrected chi connectivity index (χ3v) is 3.76. The van der Waals surface area contributed by atoms with E-state index in [0.29, 0.717) is 11.8 Å². The minimum atomic E-state index is -0.942. The van der Waals surface area contributed by atoms with Crippen LogP contribution >= 0.6 is 0 Å². The standard InChI is InChI=1S/C19H19F2NO4/c1-25-15-5-3-4-12(8-15)9-17(19(24)26-2)22-18(23)10-13-6-7-14(20)11-16(13)21/h3-8,11,17H,9-10H2,1-2H3,(H,22,23)/t17-/m1/s1. The largest absolute Gasteiger partial charge is 0.497 e. The molecule has 138 valence electrons. The Bertz CT molecular complexity index is 795. The Balaban J connectivity index is 2.09. The van der Waals surface area contributed by atoms with Crippen LogP contribution in [0.1, 0.15) is 11.1 Å². The summed E-state index contributed by atoms with van der Waals surface area (Å²) in [6.45, 7) is 0. The first-order chi connectivity index (χ1) is 12.4. The van der Waals surface area contributed by atoms with Gasteiger partial charge in [0.1, 0.15) is 23.4 Å². The lowest BCUT2D eigenvalue weighted by molar-refractivity contribution is -0.145. The van der Waals surface area contributed by atoms with Crippen molar-refractivity contribution in [1.82, 2.24) is 5.32 Å². The number of nitrogens with one attached hydrogen (secondary N) is 1. The summed E-state index contributed by atoms with van der Waals surface area (Å²) >= 11 is 0. The van der Waals surface area contributed by atoms with Crippen molar-refractivity contribution in [3.63, 3.8) is 0 Å². The highest BCUT2D eigenvalue weighted by Crippen LogP contribution is 2.15. The summed E-state index contributed by atoms with van der Waals surface area (Å²) in [6.07, 6.45) is -0.140. The van der Waals surface area contributed by atoms with Gasteiger partial charge >= 0.3 is 5.97 Å². The number of hydrogen-bond acceptors (Lipinski definition) is 4. The Morgan fingerprint density at radius 1 is 1.12 bits per heavy atom. The molecule has 0 fully saturated rings. The zero-order valence-corrected chi connectivity index (χ0v) is 14.4. The molecule has 26 heavy (non-hydrogen) atoms. The third-order valence-electron chi connectivity index (χ3n) is 3.76. The zero-order valence-electron chi connectivity index (χ0n) is 14.4. The first-order valence-electron chi connectivity index (χ1n) is 7.87. The van der Waals surface area contributed by atoms with Gasteiger partial charge in [0.25, 0.3) is 0 Å². The molecule has 0 bridgehead atoms. The number of halogens is 2. The van der Waals surface area contributed by atoms with Gasteiger partial charge < -0.3 is 14.8 Å². The van der Waals surface area contributed by atoms with E-state index in [1.807, 2.05) is 0 Å². The first kappa shape index (κ1) is 19.4. The van der Waals surface area contributed by atoms with Crippen LogP contribution in [0, 0.1) is 11.6 Å². The maximum absolute atomic E-state index is 13.7. The second-order valence-electron chi connectivity index (χ2n) is 5.61. The molecule has 7 heteroatoms. The van der Waals surface area contributed by atoms with Crippen LogP contribution in [0.3, 0.4) is 0 Å². The zero-order chi connectivity index (χ0) is 19.1. The van der Waals surface area contributed by atoms with Gasteiger partial charge in [-0.05, 0) is 29.3 Å². The number of methoxy groups -OCH3 is 2. The number of benzene rings is 2. The minimum absolute atomic E-state index is 0.0360. The molecule has 0 saturated heterocycles. The van der Waals surface area contributed by atoms with E-state index in [-0.39, 0.29) is 18.4 Å². The van der Waals surface area contributed by atoms with Gasteiger partial charge in [0, 0.05) is 12.5 Å². The molecule has 2 aromatic rings. The minimum Gasteiger partial charge on any atom is -0.497 e. The second-order valence-corrected chi connectivity index (χ2v) is 5.61. The van der Waals surface area contributed by atoms with Crippen LogP contribution in [0.5, 0.6) is 5.75 Å². The van der Waals surface area contributed by atoms with Crippen LogP contribution in [-0.2, 0) is 27.2 Å². The van der Waals surface area contributed by atoms with Gasteiger partial charge in [0.15, 0.2) is 0 Å². The molecule has 0 unspecified atom stereocenters. The number of hydrogen-bond donors (Lipinski definition) is 1. The molecule has 0 aliphatic heterocycles. The van der Waals surface area contributed by atoms with Crippen LogP contribution in [0.25, 0.3) is 0 Å². The number of esters is 1. The topological polar surface area (TPSA) is 64.6 Å². The third kappa shape index (κ3) is 5.27. The highest BCUT2D eigenvalue weighted by molar-refractivity contribution is 5.85. The molecule has 1 N–H and O–H groups in total. The molecule has 0 spiro atoms. The normalized spacial score (nSPS) is 11.5. The smallest absolute Gasteiger partial charge is 0.328 e. The molecule has 2 aromatic carbocycles. The summed E-state index contributed by atoms with van der Waals surface area (Å²) in [5.41, 5.74) is 0.793. The van der Waals surface area contributed by atoms with Gasteiger partial charge in [-0.15, -0.1) is 0 Å². The van der Waals surface area contributed by atoms with Gasteiger partial charge in [0.2, 0.25) is 5.91 Å². The second kappa shape index (κ2) is 8.94. The van der Waals surface area contributed by atoms with Crippen molar-refractivity contribution in [3.05, 3.63) is 65.2 Å². The molecule has 0 saturated carbocycles. The van der Waals surface area contributed by atoms with Crippen molar-refractivity contribution in [2.45, 2.75) is 18.9 Å². The van der Waals surface area contributed by atoms with Crippen LogP contribution in [0.4, 0.5) is 8.78 Å². The average molecular weight is 363 g/mol. The Labute approximate surface area is 149 Å². The molecule has 1 amide bonds. The summed E-state index contributed by atoms with van der Waals surface area (Å²) in [7, 11) is 2.74. The summed E-state index contributed by atoms with van der Waals surface area (Å²) in [5, 5.41) is 2.53. The van der Waals surface area contributed by atoms with E-state index in [4.69, 9.17) is 9.47 Å². The molecule has 0 aliphatic rings. The van der Waals surface area contributed by atoms with E-state index in [1.54, 1.807) is 24.3 Å². The van der Waals surface area contributed by atoms with Crippen molar-refractivity contribution in [2.24, 2.45) is 0 Å². The number of rotatable bonds is 7. The highest BCUT2D eigenvalue weighted by atomic mass is 19.1. The Kier molecular flexibility index (Phi) is 6.66. The molecule has 2 rings (SSSR count). The summed E-state index contributed by atoms with van der Waals surface area (Å²) < 4.78 is 36.5. The number of carbonyl (C=O) groups is 2. The maximum atomic E-state index is 13.7. The monoisotopic (exact) mass is 363 g/mol. The van der Waals surface area contributed by atoms with Gasteiger partial charge in [-0.1, -0.05) is 18.2 Å². The molecule has 0 heterocycles. The van der Waals surface area contributed by atoms with Crippen molar-refractivity contribution < 1.29 is 27.8 Å². The van der Waals surface area contributed by atoms with Crippen molar-refractivity contribution in [2.75, 3.05) is 14.2 Å². The lowest BCUT2D eigenvalue weighted by Crippen LogP contribution is -2.43. The highest BCUT2D eigenvalue weighted by Gasteiger charge is 2.22. The fraction of sp³-hybridized carbons (Fsp3) is 0.263. The quantitative estimate of drug-likeness (QED) is 0.768. The van der Waals surface area contributed by atoms with Crippen LogP contribution in [-0.4, -0.2) is 32.1 Å². The predicted octanol–water partition coefficient (Wildman–Crippen LogP) is 2.42. The lowest BCUT2D eigenvalue weighted by atomic mass is 10.0. The van der Waals surface area contributed by atoms with E-state index in [9.17, 15) is 18.4 Å². The van der Waals surface area contributed by atoms with E-state index in [1.165, 1.54) is 20.3 Å². The SMILES string of the molecule is COC(=O)[C@@H](Cc1cccc(OC)c1)NC(=O)Cc1ccc(F)cc1F. The fourth-order valence-corrected chi connectivity index (χ4v) is 2.45. The number of amides is 1. The molecule has 0 aliphatic carbocycles. The molecular weight excluding hydrogens is 344 g/mol. The maximum Gasteiger partial charge on any atom is 0.328 e. The summed E-state index contributed by atoms with van der Waals surface area (Å²) in [5.74, 6) is -2.12. The van der Waals surface area contributed by atoms with E-state index >= 15 is 0 Å². The van der Waals surface area contributed by atoms with E-state index in [0.717, 1.165) is 11.6 Å². The van der Waals surface area contributed by atoms with E-state index in [2.05, 4.69) is 5.32 Å². The summed E-state index contributed by atoms with van der Waals surface area (Å²) in [4.78, 5) is 24.2. The van der Waals surface area contributed by atoms with Gasteiger partial charge in [0.05, 0.1) is 20.6 Å². The average Bonchev–Trinajstić information content (AvgIpc) is 2.63. The summed E-state index contributed by atoms with van der Waals surface area (Å²) in [6, 6.07) is 9.06. The Morgan fingerprint density at radius 2 is 1.88 bits per heavy atom. The van der Waals surface area contributed by atoms with Crippen molar-refractivity contribution in [1.29, 1.82) is 0 Å². The van der Waals surface area contributed by atoms with Crippen molar-refractivity contribution in [3.8, 4) is 5.75 Å². The number of carbonyl (C=O) groups excluding carboxylic acids is 2. The van der Waals surface area contributed by atoms with Gasteiger partial charge in [-0.2, -0.15) is 0 Å². The molecule has 0 aromatic heterocycles. The molecule has 5 nitrogen and oxygen atoms in total. The Hall–Kier alpha value is -2.96. The van der Waals surface area contributed by atoms with Gasteiger partial charge in [-0.25, -0.2) is 13.6 Å². The molecule has 1 atom stereocenters. The number of ether oxygens (including phenoxy) is 2. The first-order valence-corrected chi connectivity index (χ1v) is 7.87. The van der Waals surface area contributed by atoms with Gasteiger partial charge in [-0.3, -0.25) is 4.79 Å². The predicted molar refractivity (Wildman–Crippen MR) is 90.7 cm³/mol.